The fourth-order valence-corrected chi connectivity index (χ4v) is 7.25. The molecule has 5 heterocycles. The van der Waals surface area contributed by atoms with Crippen LogP contribution in [-0.4, -0.2) is 58.5 Å². The first-order chi connectivity index (χ1) is 18.5. The average molecular weight is 591 g/mol. The monoisotopic (exact) mass is 589 g/mol. The summed E-state index contributed by atoms with van der Waals surface area (Å²) >= 11 is 3.60. The van der Waals surface area contributed by atoms with Crippen molar-refractivity contribution in [2.75, 3.05) is 31.1 Å². The van der Waals surface area contributed by atoms with Crippen molar-refractivity contribution in [2.24, 2.45) is 0 Å². The summed E-state index contributed by atoms with van der Waals surface area (Å²) in [6.07, 6.45) is 9.24. The number of hydrogen-bond acceptors (Lipinski definition) is 8. The van der Waals surface area contributed by atoms with Crippen LogP contribution in [0.5, 0.6) is 0 Å². The van der Waals surface area contributed by atoms with Crippen LogP contribution < -0.4 is 10.2 Å². The van der Waals surface area contributed by atoms with Crippen molar-refractivity contribution in [3.8, 4) is 11.4 Å². The van der Waals surface area contributed by atoms with Crippen LogP contribution in [0, 0.1) is 0 Å². The second-order valence-corrected chi connectivity index (χ2v) is 12.3. The number of halogens is 1. The van der Waals surface area contributed by atoms with Gasteiger partial charge in [-0.25, -0.2) is 27.3 Å². The number of piperazine rings is 1. The van der Waals surface area contributed by atoms with E-state index in [2.05, 4.69) is 36.1 Å². The molecule has 7 rings (SSSR count). The number of nitrogens with zero attached hydrogens (tertiary/aromatic N) is 6. The molecule has 9 nitrogen and oxygen atoms in total. The van der Waals surface area contributed by atoms with Crippen LogP contribution in [0.15, 0.2) is 70.6 Å². The topological polar surface area (TPSA) is 106 Å². The Balaban J connectivity index is 1.45. The smallest absolute Gasteiger partial charge is 0.269 e. The van der Waals surface area contributed by atoms with E-state index in [4.69, 9.17) is 9.97 Å². The zero-order valence-corrected chi connectivity index (χ0v) is 22.8. The molecule has 0 bridgehead atoms. The third-order valence-corrected chi connectivity index (χ3v) is 9.47. The molecule has 2 fully saturated rings. The van der Waals surface area contributed by atoms with E-state index >= 15 is 0 Å². The zero-order valence-electron chi connectivity index (χ0n) is 20.4. The standard InChI is InChI=1S/C27H24BrN7O2S/c28-21-16-35(38(36,37)18-4-2-1-3-5-18)26-23(21)19(8-9-31-26)25-32-22-15-30-14-20(17-6-7-17)24(22)27(33-25)34-12-10-29-11-13-34/h1-5,8-9,14-17,29H,6-7,10-13H2. The van der Waals surface area contributed by atoms with E-state index in [0.717, 1.165) is 55.7 Å². The number of rotatable bonds is 5. The highest BCUT2D eigenvalue weighted by molar-refractivity contribution is 9.10. The second-order valence-electron chi connectivity index (χ2n) is 9.65. The van der Waals surface area contributed by atoms with Crippen LogP contribution in [0.2, 0.25) is 0 Å². The van der Waals surface area contributed by atoms with E-state index in [0.29, 0.717) is 32.8 Å². The minimum Gasteiger partial charge on any atom is -0.353 e. The number of fused-ring (bicyclic) bond motifs is 2. The molecule has 0 atom stereocenters. The van der Waals surface area contributed by atoms with Crippen LogP contribution in [0.4, 0.5) is 5.82 Å². The Hall–Kier alpha value is -3.41. The molecule has 0 amide bonds. The van der Waals surface area contributed by atoms with Crippen LogP contribution in [0.25, 0.3) is 33.3 Å². The summed E-state index contributed by atoms with van der Waals surface area (Å²) in [5, 5.41) is 5.13. The van der Waals surface area contributed by atoms with Gasteiger partial charge in [-0.1, -0.05) is 18.2 Å². The van der Waals surface area contributed by atoms with Crippen LogP contribution in [0.1, 0.15) is 24.3 Å². The molecule has 0 radical (unpaired) electrons. The highest BCUT2D eigenvalue weighted by Gasteiger charge is 2.30. The van der Waals surface area contributed by atoms with Gasteiger partial charge in [-0.3, -0.25) is 4.98 Å². The summed E-state index contributed by atoms with van der Waals surface area (Å²) in [6.45, 7) is 3.46. The summed E-state index contributed by atoms with van der Waals surface area (Å²) in [5.41, 5.74) is 3.03. The maximum absolute atomic E-state index is 13.5. The largest absolute Gasteiger partial charge is 0.353 e. The Labute approximate surface area is 228 Å². The van der Waals surface area contributed by atoms with E-state index < -0.39 is 10.0 Å². The molecule has 0 unspecified atom stereocenters. The van der Waals surface area contributed by atoms with Gasteiger partial charge >= 0.3 is 0 Å². The van der Waals surface area contributed by atoms with Gasteiger partial charge in [0.15, 0.2) is 11.5 Å². The molecule has 1 aliphatic heterocycles. The summed E-state index contributed by atoms with van der Waals surface area (Å²) < 4.78 is 28.8. The maximum Gasteiger partial charge on any atom is 0.269 e. The number of benzene rings is 1. The first kappa shape index (κ1) is 23.7. The Morgan fingerprint density at radius 3 is 2.53 bits per heavy atom. The lowest BCUT2D eigenvalue weighted by Crippen LogP contribution is -2.44. The Bertz CT molecular complexity index is 1800. The van der Waals surface area contributed by atoms with Gasteiger partial charge in [0.05, 0.1) is 16.6 Å². The molecule has 38 heavy (non-hydrogen) atoms. The van der Waals surface area contributed by atoms with Crippen molar-refractivity contribution < 1.29 is 8.42 Å². The van der Waals surface area contributed by atoms with Gasteiger partial charge in [0.25, 0.3) is 10.0 Å². The highest BCUT2D eigenvalue weighted by Crippen LogP contribution is 2.45. The van der Waals surface area contributed by atoms with Gasteiger partial charge in [-0.2, -0.15) is 0 Å². The van der Waals surface area contributed by atoms with Gasteiger partial charge in [0.2, 0.25) is 0 Å². The third kappa shape index (κ3) is 3.88. The van der Waals surface area contributed by atoms with E-state index in [1.165, 1.54) is 9.54 Å². The normalized spacial score (nSPS) is 16.4. The summed E-state index contributed by atoms with van der Waals surface area (Å²) in [7, 11) is -3.85. The van der Waals surface area contributed by atoms with Gasteiger partial charge < -0.3 is 10.2 Å². The average Bonchev–Trinajstić information content (AvgIpc) is 3.75. The predicted molar refractivity (Wildman–Crippen MR) is 150 cm³/mol. The lowest BCUT2D eigenvalue weighted by molar-refractivity contribution is 0.586. The lowest BCUT2D eigenvalue weighted by Gasteiger charge is -2.30. The van der Waals surface area contributed by atoms with Gasteiger partial charge in [0, 0.05) is 65.6 Å². The fourth-order valence-electron chi connectivity index (χ4n) is 5.18. The van der Waals surface area contributed by atoms with E-state index in [-0.39, 0.29) is 4.90 Å². The fraction of sp³-hybridized carbons (Fsp3) is 0.259. The molecule has 0 spiro atoms. The summed E-state index contributed by atoms with van der Waals surface area (Å²) in [6, 6.07) is 10.2. The van der Waals surface area contributed by atoms with Crippen molar-refractivity contribution in [3.05, 3.63) is 71.2 Å². The Morgan fingerprint density at radius 1 is 0.974 bits per heavy atom. The maximum atomic E-state index is 13.5. The molecule has 4 aromatic heterocycles. The molecule has 11 heteroatoms. The number of pyridine rings is 2. The van der Waals surface area contributed by atoms with Crippen LogP contribution in [-0.2, 0) is 10.0 Å². The second kappa shape index (κ2) is 9.11. The van der Waals surface area contributed by atoms with Crippen LogP contribution >= 0.6 is 15.9 Å². The highest BCUT2D eigenvalue weighted by atomic mass is 79.9. The molecular formula is C27H24BrN7O2S. The van der Waals surface area contributed by atoms with E-state index in [9.17, 15) is 8.42 Å². The first-order valence-electron chi connectivity index (χ1n) is 12.6. The number of nitrogens with one attached hydrogen (secondary N) is 1. The van der Waals surface area contributed by atoms with Crippen molar-refractivity contribution in [2.45, 2.75) is 23.7 Å². The first-order valence-corrected chi connectivity index (χ1v) is 14.8. The Morgan fingerprint density at radius 2 is 1.76 bits per heavy atom. The Kier molecular flexibility index (Phi) is 5.68. The minimum absolute atomic E-state index is 0.193. The van der Waals surface area contributed by atoms with Gasteiger partial charge in [-0.05, 0) is 58.5 Å². The molecular weight excluding hydrogens is 566 g/mol. The molecule has 2 aliphatic rings. The van der Waals surface area contributed by atoms with Crippen molar-refractivity contribution in [1.29, 1.82) is 0 Å². The van der Waals surface area contributed by atoms with Crippen molar-refractivity contribution in [3.63, 3.8) is 0 Å². The molecule has 1 N–H and O–H groups in total. The molecule has 1 aliphatic carbocycles. The molecule has 5 aromatic rings. The van der Waals surface area contributed by atoms with Crippen molar-refractivity contribution in [1.82, 2.24) is 29.2 Å². The molecule has 1 saturated heterocycles. The SMILES string of the molecule is O=S(=O)(c1ccccc1)n1cc(Br)c2c(-c3nc(N4CCNCC4)c4c(C5CC5)cncc4n3)ccnc21. The van der Waals surface area contributed by atoms with E-state index in [1.54, 1.807) is 48.9 Å². The zero-order chi connectivity index (χ0) is 25.9. The van der Waals surface area contributed by atoms with Crippen molar-refractivity contribution >= 4 is 53.7 Å². The van der Waals surface area contributed by atoms with Gasteiger partial charge in [0.1, 0.15) is 5.82 Å². The molecule has 1 aromatic carbocycles. The molecule has 1 saturated carbocycles. The third-order valence-electron chi connectivity index (χ3n) is 7.20. The number of aromatic nitrogens is 5. The summed E-state index contributed by atoms with van der Waals surface area (Å²) in [4.78, 5) is 21.6. The van der Waals surface area contributed by atoms with E-state index in [1.807, 2.05) is 12.3 Å². The quantitative estimate of drug-likeness (QED) is 0.323. The number of hydrogen-bond donors (Lipinski definition) is 1. The van der Waals surface area contributed by atoms with Gasteiger partial charge in [-0.15, -0.1) is 0 Å². The lowest BCUT2D eigenvalue weighted by atomic mass is 10.1. The number of anilines is 1. The molecule has 192 valence electrons. The minimum atomic E-state index is -3.85. The van der Waals surface area contributed by atoms with Crippen LogP contribution in [0.3, 0.4) is 0 Å². The predicted octanol–water partition coefficient (Wildman–Crippen LogP) is 4.33. The summed E-state index contributed by atoms with van der Waals surface area (Å²) in [5.74, 6) is 1.93.